The summed E-state index contributed by atoms with van der Waals surface area (Å²) in [6, 6.07) is 8.15. The number of carbonyl (C=O) groups is 1. The van der Waals surface area contributed by atoms with E-state index in [4.69, 9.17) is 0 Å². The Balaban J connectivity index is 1.56. The van der Waals surface area contributed by atoms with Crippen molar-refractivity contribution in [3.63, 3.8) is 0 Å². The number of fused-ring (bicyclic) bond motifs is 2. The number of para-hydroxylation sites is 1. The molecule has 1 amide bonds. The first-order chi connectivity index (χ1) is 12.1. The zero-order valence-corrected chi connectivity index (χ0v) is 15.0. The number of anilines is 1. The largest absolute Gasteiger partial charge is 0.333 e. The molecule has 2 aromatic rings. The van der Waals surface area contributed by atoms with Crippen LogP contribution in [-0.2, 0) is 23.3 Å². The first-order valence-electron chi connectivity index (χ1n) is 9.21. The van der Waals surface area contributed by atoms with Gasteiger partial charge in [-0.05, 0) is 36.9 Å². The minimum atomic E-state index is -0.391. The molecule has 5 nitrogen and oxygen atoms in total. The molecule has 1 unspecified atom stereocenters. The number of nitrogens with zero attached hydrogens (tertiary/aromatic N) is 3. The van der Waals surface area contributed by atoms with Crippen LogP contribution in [0, 0.1) is 5.92 Å². The first kappa shape index (κ1) is 16.3. The Bertz CT molecular complexity index is 782. The van der Waals surface area contributed by atoms with Crippen LogP contribution in [0.1, 0.15) is 37.9 Å². The zero-order chi connectivity index (χ0) is 17.4. The highest BCUT2D eigenvalue weighted by Crippen LogP contribution is 2.43. The maximum Gasteiger partial charge on any atom is 0.236 e. The molecule has 4 rings (SSSR count). The highest BCUT2D eigenvalue weighted by Gasteiger charge is 2.48. The molecule has 0 bridgehead atoms. The number of rotatable bonds is 4. The second-order valence-corrected chi connectivity index (χ2v) is 7.83. The Morgan fingerprint density at radius 2 is 2.16 bits per heavy atom. The number of nitrogens with one attached hydrogen (secondary N) is 1. The zero-order valence-electron chi connectivity index (χ0n) is 15.0. The van der Waals surface area contributed by atoms with Gasteiger partial charge >= 0.3 is 0 Å². The van der Waals surface area contributed by atoms with Gasteiger partial charge in [0.2, 0.25) is 5.91 Å². The van der Waals surface area contributed by atoms with Gasteiger partial charge in [0.05, 0.1) is 17.4 Å². The van der Waals surface area contributed by atoms with E-state index >= 15 is 0 Å². The third-order valence-electron chi connectivity index (χ3n) is 5.44. The molecule has 1 aromatic heterocycles. The van der Waals surface area contributed by atoms with Crippen LogP contribution in [-0.4, -0.2) is 33.4 Å². The lowest BCUT2D eigenvalue weighted by Gasteiger charge is -2.39. The molecule has 25 heavy (non-hydrogen) atoms. The van der Waals surface area contributed by atoms with Crippen LogP contribution in [0.25, 0.3) is 0 Å². The molecule has 0 saturated carbocycles. The summed E-state index contributed by atoms with van der Waals surface area (Å²) in [4.78, 5) is 19.6. The van der Waals surface area contributed by atoms with Crippen molar-refractivity contribution >= 4 is 11.6 Å². The SMILES string of the molecule is CC(C)Cn1cncc1CN1CCCC2(C1)C(=O)Nc1ccccc12. The van der Waals surface area contributed by atoms with Crippen molar-refractivity contribution in [2.24, 2.45) is 5.92 Å². The minimum absolute atomic E-state index is 0.161. The lowest BCUT2D eigenvalue weighted by atomic mass is 9.75. The molecular formula is C20H26N4O. The van der Waals surface area contributed by atoms with Crippen LogP contribution in [0.4, 0.5) is 5.69 Å². The number of carbonyl (C=O) groups excluding carboxylic acids is 1. The second-order valence-electron chi connectivity index (χ2n) is 7.83. The molecule has 1 aromatic carbocycles. The van der Waals surface area contributed by atoms with Crippen molar-refractivity contribution in [1.29, 1.82) is 0 Å². The average Bonchev–Trinajstić information content (AvgIpc) is 3.11. The van der Waals surface area contributed by atoms with Crippen molar-refractivity contribution in [3.8, 4) is 0 Å². The maximum absolute atomic E-state index is 12.8. The molecule has 1 atom stereocenters. The predicted octanol–water partition coefficient (Wildman–Crippen LogP) is 3.03. The van der Waals surface area contributed by atoms with Crippen LogP contribution in [0.3, 0.4) is 0 Å². The number of piperidine rings is 1. The molecular weight excluding hydrogens is 312 g/mol. The van der Waals surface area contributed by atoms with E-state index in [9.17, 15) is 4.79 Å². The summed E-state index contributed by atoms with van der Waals surface area (Å²) in [5, 5.41) is 3.09. The lowest BCUT2D eigenvalue weighted by molar-refractivity contribution is -0.123. The summed E-state index contributed by atoms with van der Waals surface area (Å²) in [6.45, 7) is 8.09. The molecule has 0 aliphatic carbocycles. The average molecular weight is 338 g/mol. The summed E-state index contributed by atoms with van der Waals surface area (Å²) >= 11 is 0. The molecule has 132 valence electrons. The van der Waals surface area contributed by atoms with Gasteiger partial charge in [0.15, 0.2) is 0 Å². The summed E-state index contributed by atoms with van der Waals surface area (Å²) in [5.41, 5.74) is 3.00. The maximum atomic E-state index is 12.8. The fourth-order valence-corrected chi connectivity index (χ4v) is 4.32. The van der Waals surface area contributed by atoms with E-state index in [1.54, 1.807) is 0 Å². The Morgan fingerprint density at radius 1 is 1.32 bits per heavy atom. The number of hydrogen-bond acceptors (Lipinski definition) is 3. The molecule has 3 heterocycles. The van der Waals surface area contributed by atoms with Gasteiger partial charge in [-0.1, -0.05) is 32.0 Å². The van der Waals surface area contributed by atoms with Gasteiger partial charge in [-0.3, -0.25) is 9.69 Å². The molecule has 1 spiro atoms. The second kappa shape index (κ2) is 6.30. The Kier molecular flexibility index (Phi) is 4.12. The van der Waals surface area contributed by atoms with Crippen LogP contribution in [0.5, 0.6) is 0 Å². The van der Waals surface area contributed by atoms with Crippen molar-refractivity contribution in [2.45, 2.75) is 45.2 Å². The van der Waals surface area contributed by atoms with Gasteiger partial charge in [0.25, 0.3) is 0 Å². The predicted molar refractivity (Wildman–Crippen MR) is 98.3 cm³/mol. The minimum Gasteiger partial charge on any atom is -0.333 e. The third kappa shape index (κ3) is 2.86. The normalized spacial score (nSPS) is 23.2. The number of amides is 1. The van der Waals surface area contributed by atoms with Crippen LogP contribution < -0.4 is 5.32 Å². The highest BCUT2D eigenvalue weighted by molar-refractivity contribution is 6.06. The summed E-state index contributed by atoms with van der Waals surface area (Å²) in [6.07, 6.45) is 5.86. The first-order valence-corrected chi connectivity index (χ1v) is 9.21. The lowest BCUT2D eigenvalue weighted by Crippen LogP contribution is -2.49. The van der Waals surface area contributed by atoms with E-state index in [1.807, 2.05) is 30.7 Å². The van der Waals surface area contributed by atoms with Gasteiger partial charge < -0.3 is 9.88 Å². The van der Waals surface area contributed by atoms with Crippen molar-refractivity contribution in [2.75, 3.05) is 18.4 Å². The summed E-state index contributed by atoms with van der Waals surface area (Å²) in [7, 11) is 0. The van der Waals surface area contributed by atoms with Gasteiger partial charge in [-0.25, -0.2) is 4.98 Å². The molecule has 1 fully saturated rings. The fraction of sp³-hybridized carbons (Fsp3) is 0.500. The monoisotopic (exact) mass is 338 g/mol. The molecule has 1 saturated heterocycles. The van der Waals surface area contributed by atoms with E-state index in [2.05, 4.69) is 39.7 Å². The van der Waals surface area contributed by atoms with Crippen molar-refractivity contribution in [3.05, 3.63) is 48.0 Å². The Hall–Kier alpha value is -2.14. The van der Waals surface area contributed by atoms with Crippen LogP contribution in [0.15, 0.2) is 36.8 Å². The van der Waals surface area contributed by atoms with Gasteiger partial charge in [-0.2, -0.15) is 0 Å². The number of imidazole rings is 1. The molecule has 0 radical (unpaired) electrons. The molecule has 5 heteroatoms. The molecule has 1 N–H and O–H groups in total. The van der Waals surface area contributed by atoms with E-state index in [0.717, 1.165) is 44.7 Å². The number of benzene rings is 1. The van der Waals surface area contributed by atoms with E-state index in [1.165, 1.54) is 11.3 Å². The summed E-state index contributed by atoms with van der Waals surface area (Å²) in [5.74, 6) is 0.752. The number of aromatic nitrogens is 2. The Labute approximate surface area is 149 Å². The summed E-state index contributed by atoms with van der Waals surface area (Å²) < 4.78 is 2.24. The molecule has 2 aliphatic rings. The number of likely N-dealkylation sites (tertiary alicyclic amines) is 1. The van der Waals surface area contributed by atoms with E-state index in [-0.39, 0.29) is 5.91 Å². The number of hydrogen-bond donors (Lipinski definition) is 1. The quantitative estimate of drug-likeness (QED) is 0.932. The smallest absolute Gasteiger partial charge is 0.236 e. The highest BCUT2D eigenvalue weighted by atomic mass is 16.2. The van der Waals surface area contributed by atoms with Gasteiger partial charge in [0, 0.05) is 31.5 Å². The van der Waals surface area contributed by atoms with E-state index in [0.29, 0.717) is 5.92 Å². The van der Waals surface area contributed by atoms with Crippen molar-refractivity contribution in [1.82, 2.24) is 14.5 Å². The van der Waals surface area contributed by atoms with Gasteiger partial charge in [0.1, 0.15) is 0 Å². The van der Waals surface area contributed by atoms with Gasteiger partial charge in [-0.15, -0.1) is 0 Å². The van der Waals surface area contributed by atoms with Crippen molar-refractivity contribution < 1.29 is 4.79 Å². The third-order valence-corrected chi connectivity index (χ3v) is 5.44. The van der Waals surface area contributed by atoms with E-state index < -0.39 is 5.41 Å². The fourth-order valence-electron chi connectivity index (χ4n) is 4.32. The molecule has 2 aliphatic heterocycles. The Morgan fingerprint density at radius 3 is 3.00 bits per heavy atom. The van der Waals surface area contributed by atoms with Crippen LogP contribution >= 0.6 is 0 Å². The standard InChI is InChI=1S/C20H26N4O/c1-15(2)11-24-14-21-10-16(24)12-23-9-5-8-20(13-23)17-6-3-4-7-18(17)22-19(20)25/h3-4,6-7,10,14-15H,5,8-9,11-13H2,1-2H3,(H,22,25). The topological polar surface area (TPSA) is 50.2 Å². The van der Waals surface area contributed by atoms with Crippen LogP contribution in [0.2, 0.25) is 0 Å².